The number of hydrogen-bond donors (Lipinski definition) is 2. The summed E-state index contributed by atoms with van der Waals surface area (Å²) in [5.74, 6) is -1.20. The SMILES string of the molecule is CCOC(=O)C(C)(NC1CCc2ccc(N)cc2CC1)C(=O)OCC. The highest BCUT2D eigenvalue weighted by atomic mass is 16.6. The van der Waals surface area contributed by atoms with Gasteiger partial charge in [-0.25, -0.2) is 9.59 Å². The number of anilines is 1. The third kappa shape index (κ3) is 4.51. The Morgan fingerprint density at radius 3 is 2.24 bits per heavy atom. The van der Waals surface area contributed by atoms with E-state index >= 15 is 0 Å². The van der Waals surface area contributed by atoms with E-state index in [1.165, 1.54) is 11.1 Å². The molecule has 0 spiro atoms. The topological polar surface area (TPSA) is 90.6 Å². The molecule has 0 aromatic heterocycles. The van der Waals surface area contributed by atoms with Gasteiger partial charge in [-0.05, 0) is 69.7 Å². The van der Waals surface area contributed by atoms with Crippen LogP contribution in [-0.2, 0) is 31.9 Å². The first kappa shape index (κ1) is 19.2. The van der Waals surface area contributed by atoms with E-state index in [1.54, 1.807) is 20.8 Å². The molecule has 1 aromatic rings. The van der Waals surface area contributed by atoms with Crippen LogP contribution in [0.5, 0.6) is 0 Å². The van der Waals surface area contributed by atoms with Gasteiger partial charge in [0.15, 0.2) is 0 Å². The van der Waals surface area contributed by atoms with Gasteiger partial charge >= 0.3 is 11.9 Å². The molecule has 0 saturated carbocycles. The van der Waals surface area contributed by atoms with Crippen LogP contribution in [0.3, 0.4) is 0 Å². The van der Waals surface area contributed by atoms with E-state index in [1.807, 2.05) is 12.1 Å². The highest BCUT2D eigenvalue weighted by Crippen LogP contribution is 2.24. The van der Waals surface area contributed by atoms with Crippen LogP contribution in [-0.4, -0.2) is 36.7 Å². The minimum absolute atomic E-state index is 0.00689. The maximum absolute atomic E-state index is 12.4. The number of nitrogens with one attached hydrogen (secondary N) is 1. The van der Waals surface area contributed by atoms with E-state index in [2.05, 4.69) is 11.4 Å². The van der Waals surface area contributed by atoms with Gasteiger partial charge in [0.05, 0.1) is 13.2 Å². The second kappa shape index (κ2) is 8.34. The Morgan fingerprint density at radius 2 is 1.68 bits per heavy atom. The van der Waals surface area contributed by atoms with Crippen LogP contribution in [0.1, 0.15) is 44.7 Å². The number of carbonyl (C=O) groups excluding carboxylic acids is 2. The van der Waals surface area contributed by atoms with Gasteiger partial charge in [0.1, 0.15) is 0 Å². The number of rotatable bonds is 6. The highest BCUT2D eigenvalue weighted by Gasteiger charge is 2.45. The Kier molecular flexibility index (Phi) is 6.42. The largest absolute Gasteiger partial charge is 0.464 e. The Hall–Kier alpha value is -2.08. The lowest BCUT2D eigenvalue weighted by atomic mass is 9.98. The van der Waals surface area contributed by atoms with Crippen molar-refractivity contribution in [3.8, 4) is 0 Å². The number of hydrogen-bond acceptors (Lipinski definition) is 6. The molecular weight excluding hydrogens is 320 g/mol. The van der Waals surface area contributed by atoms with Gasteiger partial charge < -0.3 is 15.2 Å². The number of aryl methyl sites for hydroxylation is 2. The molecule has 1 atom stereocenters. The average molecular weight is 348 g/mol. The summed E-state index contributed by atoms with van der Waals surface area (Å²) < 4.78 is 10.2. The van der Waals surface area contributed by atoms with E-state index in [4.69, 9.17) is 15.2 Å². The predicted octanol–water partition coefficient (Wildman–Crippen LogP) is 1.99. The number of fused-ring (bicyclic) bond motifs is 1. The summed E-state index contributed by atoms with van der Waals surface area (Å²) in [6, 6.07) is 5.98. The van der Waals surface area contributed by atoms with Crippen molar-refractivity contribution < 1.29 is 19.1 Å². The van der Waals surface area contributed by atoms with Crippen molar-refractivity contribution in [3.05, 3.63) is 29.3 Å². The fourth-order valence-electron chi connectivity index (χ4n) is 3.23. The number of nitrogen functional groups attached to an aromatic ring is 1. The van der Waals surface area contributed by atoms with Gasteiger partial charge in [-0.1, -0.05) is 6.07 Å². The summed E-state index contributed by atoms with van der Waals surface area (Å²) in [4.78, 5) is 24.8. The first-order valence-corrected chi connectivity index (χ1v) is 8.90. The first-order chi connectivity index (χ1) is 11.9. The number of carbonyl (C=O) groups is 2. The lowest BCUT2D eigenvalue weighted by Gasteiger charge is -2.30. The quantitative estimate of drug-likeness (QED) is 0.354. The molecule has 1 aliphatic rings. The van der Waals surface area contributed by atoms with Crippen LogP contribution in [0.2, 0.25) is 0 Å². The van der Waals surface area contributed by atoms with Crippen molar-refractivity contribution in [1.29, 1.82) is 0 Å². The average Bonchev–Trinajstić information content (AvgIpc) is 2.77. The molecule has 0 fully saturated rings. The highest BCUT2D eigenvalue weighted by molar-refractivity contribution is 6.04. The summed E-state index contributed by atoms with van der Waals surface area (Å²) in [7, 11) is 0. The van der Waals surface area contributed by atoms with Crippen molar-refractivity contribution in [2.75, 3.05) is 18.9 Å². The number of nitrogens with two attached hydrogens (primary N) is 1. The second-order valence-electron chi connectivity index (χ2n) is 6.51. The Morgan fingerprint density at radius 1 is 1.12 bits per heavy atom. The Bertz CT molecular complexity index is 612. The summed E-state index contributed by atoms with van der Waals surface area (Å²) in [5, 5.41) is 3.21. The van der Waals surface area contributed by atoms with Crippen LogP contribution in [0, 0.1) is 0 Å². The Balaban J connectivity index is 2.14. The first-order valence-electron chi connectivity index (χ1n) is 8.90. The van der Waals surface area contributed by atoms with Crippen LogP contribution < -0.4 is 11.1 Å². The van der Waals surface area contributed by atoms with E-state index in [0.29, 0.717) is 0 Å². The molecule has 0 heterocycles. The van der Waals surface area contributed by atoms with E-state index in [9.17, 15) is 9.59 Å². The number of benzene rings is 1. The summed E-state index contributed by atoms with van der Waals surface area (Å²) >= 11 is 0. The maximum atomic E-state index is 12.4. The molecule has 3 N–H and O–H groups in total. The van der Waals surface area contributed by atoms with Crippen molar-refractivity contribution in [1.82, 2.24) is 5.32 Å². The van der Waals surface area contributed by atoms with Crippen LogP contribution in [0.25, 0.3) is 0 Å². The van der Waals surface area contributed by atoms with Gasteiger partial charge in [0.25, 0.3) is 0 Å². The lowest BCUT2D eigenvalue weighted by molar-refractivity contribution is -0.165. The third-order valence-corrected chi connectivity index (χ3v) is 4.61. The summed E-state index contributed by atoms with van der Waals surface area (Å²) in [6.07, 6.45) is 3.35. The molecule has 6 nitrogen and oxygen atoms in total. The van der Waals surface area contributed by atoms with Gasteiger partial charge in [0, 0.05) is 11.7 Å². The fraction of sp³-hybridized carbons (Fsp3) is 0.579. The normalized spacial score (nSPS) is 17.3. The smallest absolute Gasteiger partial charge is 0.337 e. The zero-order valence-corrected chi connectivity index (χ0v) is 15.3. The number of esters is 2. The van der Waals surface area contributed by atoms with Gasteiger partial charge in [-0.2, -0.15) is 0 Å². The van der Waals surface area contributed by atoms with Crippen LogP contribution in [0.15, 0.2) is 18.2 Å². The summed E-state index contributed by atoms with van der Waals surface area (Å²) in [6.45, 7) is 5.40. The predicted molar refractivity (Wildman–Crippen MR) is 96.1 cm³/mol. The van der Waals surface area contributed by atoms with Crippen molar-refractivity contribution in [2.24, 2.45) is 0 Å². The lowest BCUT2D eigenvalue weighted by Crippen LogP contribution is -2.60. The molecule has 1 aromatic carbocycles. The molecule has 0 radical (unpaired) electrons. The minimum Gasteiger partial charge on any atom is -0.464 e. The molecular formula is C19H28N2O4. The van der Waals surface area contributed by atoms with Crippen molar-refractivity contribution in [2.45, 2.75) is 58.0 Å². The van der Waals surface area contributed by atoms with E-state index in [-0.39, 0.29) is 19.3 Å². The molecule has 6 heteroatoms. The molecule has 0 saturated heterocycles. The van der Waals surface area contributed by atoms with Gasteiger partial charge in [-0.3, -0.25) is 5.32 Å². The standard InChI is InChI=1S/C19H28N2O4/c1-4-24-17(22)19(3,18(23)25-5-2)21-16-10-7-13-6-9-15(20)12-14(13)8-11-16/h6,9,12,16,21H,4-5,7-8,10-11,20H2,1-3H3. The molecule has 0 aliphatic heterocycles. The monoisotopic (exact) mass is 348 g/mol. The van der Waals surface area contributed by atoms with Crippen LogP contribution >= 0.6 is 0 Å². The van der Waals surface area contributed by atoms with Crippen molar-refractivity contribution in [3.63, 3.8) is 0 Å². The molecule has 1 aliphatic carbocycles. The van der Waals surface area contributed by atoms with Crippen LogP contribution in [0.4, 0.5) is 5.69 Å². The molecule has 0 amide bonds. The van der Waals surface area contributed by atoms with Gasteiger partial charge in [-0.15, -0.1) is 0 Å². The second-order valence-corrected chi connectivity index (χ2v) is 6.51. The minimum atomic E-state index is -1.49. The molecule has 138 valence electrons. The van der Waals surface area contributed by atoms with Gasteiger partial charge in [0.2, 0.25) is 5.54 Å². The zero-order valence-electron chi connectivity index (χ0n) is 15.3. The number of ether oxygens (including phenoxy) is 2. The molecule has 1 unspecified atom stereocenters. The van der Waals surface area contributed by atoms with E-state index in [0.717, 1.165) is 31.4 Å². The zero-order chi connectivity index (χ0) is 18.4. The van der Waals surface area contributed by atoms with E-state index < -0.39 is 17.5 Å². The Labute approximate surface area is 149 Å². The third-order valence-electron chi connectivity index (χ3n) is 4.61. The maximum Gasteiger partial charge on any atom is 0.337 e. The van der Waals surface area contributed by atoms with Crippen molar-refractivity contribution >= 4 is 17.6 Å². The molecule has 2 rings (SSSR count). The molecule has 25 heavy (non-hydrogen) atoms. The fourth-order valence-corrected chi connectivity index (χ4v) is 3.23. The molecule has 0 bridgehead atoms. The summed E-state index contributed by atoms with van der Waals surface area (Å²) in [5.41, 5.74) is 7.65.